The second-order valence-corrected chi connectivity index (χ2v) is 4.70. The monoisotopic (exact) mass is 239 g/mol. The standard InChI is InChI=1S/C14H22ClN/c1-3-12(4-2)11-16-10-9-13-5-7-14(15)8-6-13/h5-8,12,16H,3-4,9-11H2,1-2H3. The van der Waals surface area contributed by atoms with E-state index in [1.165, 1.54) is 18.4 Å². The molecule has 0 aliphatic heterocycles. The van der Waals surface area contributed by atoms with Gasteiger partial charge in [0, 0.05) is 5.02 Å². The normalized spacial score (nSPS) is 11.0. The van der Waals surface area contributed by atoms with Crippen LogP contribution in [0.15, 0.2) is 24.3 Å². The van der Waals surface area contributed by atoms with Crippen LogP contribution in [0.1, 0.15) is 32.3 Å². The highest BCUT2D eigenvalue weighted by Crippen LogP contribution is 2.09. The van der Waals surface area contributed by atoms with Crippen molar-refractivity contribution >= 4 is 11.6 Å². The van der Waals surface area contributed by atoms with Gasteiger partial charge in [0.1, 0.15) is 0 Å². The van der Waals surface area contributed by atoms with Crippen LogP contribution < -0.4 is 5.32 Å². The maximum atomic E-state index is 5.84. The second-order valence-electron chi connectivity index (χ2n) is 4.26. The zero-order valence-electron chi connectivity index (χ0n) is 10.3. The Labute approximate surface area is 104 Å². The van der Waals surface area contributed by atoms with Crippen LogP contribution in [0.2, 0.25) is 5.02 Å². The molecule has 0 heterocycles. The predicted molar refractivity (Wildman–Crippen MR) is 72.1 cm³/mol. The Bertz CT molecular complexity index is 277. The van der Waals surface area contributed by atoms with E-state index in [-0.39, 0.29) is 0 Å². The van der Waals surface area contributed by atoms with Crippen molar-refractivity contribution in [2.45, 2.75) is 33.1 Å². The zero-order valence-corrected chi connectivity index (χ0v) is 11.1. The summed E-state index contributed by atoms with van der Waals surface area (Å²) in [7, 11) is 0. The van der Waals surface area contributed by atoms with E-state index in [4.69, 9.17) is 11.6 Å². The minimum absolute atomic E-state index is 0.814. The van der Waals surface area contributed by atoms with Crippen molar-refractivity contribution in [3.63, 3.8) is 0 Å². The number of nitrogens with one attached hydrogen (secondary N) is 1. The fourth-order valence-electron chi connectivity index (χ4n) is 1.77. The number of halogens is 1. The lowest BCUT2D eigenvalue weighted by Gasteiger charge is -2.13. The lowest BCUT2D eigenvalue weighted by Crippen LogP contribution is -2.24. The van der Waals surface area contributed by atoms with Crippen molar-refractivity contribution in [2.75, 3.05) is 13.1 Å². The minimum Gasteiger partial charge on any atom is -0.316 e. The van der Waals surface area contributed by atoms with Crippen molar-refractivity contribution in [3.8, 4) is 0 Å². The van der Waals surface area contributed by atoms with Crippen LogP contribution in [-0.4, -0.2) is 13.1 Å². The molecule has 1 N–H and O–H groups in total. The molecule has 1 aromatic rings. The molecule has 0 radical (unpaired) electrons. The van der Waals surface area contributed by atoms with Crippen molar-refractivity contribution in [2.24, 2.45) is 5.92 Å². The highest BCUT2D eigenvalue weighted by molar-refractivity contribution is 6.30. The number of rotatable bonds is 7. The van der Waals surface area contributed by atoms with Gasteiger partial charge in [0.15, 0.2) is 0 Å². The summed E-state index contributed by atoms with van der Waals surface area (Å²) < 4.78 is 0. The first-order valence-electron chi connectivity index (χ1n) is 6.21. The maximum absolute atomic E-state index is 5.84. The molecule has 0 spiro atoms. The largest absolute Gasteiger partial charge is 0.316 e. The van der Waals surface area contributed by atoms with Gasteiger partial charge in [-0.25, -0.2) is 0 Å². The van der Waals surface area contributed by atoms with Gasteiger partial charge in [0.25, 0.3) is 0 Å². The van der Waals surface area contributed by atoms with E-state index < -0.39 is 0 Å². The summed E-state index contributed by atoms with van der Waals surface area (Å²) in [5.74, 6) is 0.824. The Balaban J connectivity index is 2.18. The summed E-state index contributed by atoms with van der Waals surface area (Å²) in [5.41, 5.74) is 1.35. The van der Waals surface area contributed by atoms with E-state index in [1.54, 1.807) is 0 Å². The molecule has 0 saturated heterocycles. The van der Waals surface area contributed by atoms with Crippen LogP contribution in [0.3, 0.4) is 0 Å². The first-order chi connectivity index (χ1) is 7.76. The molecule has 0 aliphatic rings. The number of hydrogen-bond donors (Lipinski definition) is 1. The van der Waals surface area contributed by atoms with E-state index in [0.29, 0.717) is 0 Å². The van der Waals surface area contributed by atoms with E-state index in [0.717, 1.165) is 30.5 Å². The Hall–Kier alpha value is -0.530. The average Bonchev–Trinajstić information content (AvgIpc) is 2.32. The summed E-state index contributed by atoms with van der Waals surface area (Å²) in [5, 5.41) is 4.33. The van der Waals surface area contributed by atoms with Crippen molar-refractivity contribution < 1.29 is 0 Å². The Kier molecular flexibility index (Phi) is 6.51. The van der Waals surface area contributed by atoms with E-state index in [2.05, 4.69) is 31.3 Å². The molecule has 1 nitrogen and oxygen atoms in total. The molecular weight excluding hydrogens is 218 g/mol. The number of benzene rings is 1. The van der Waals surface area contributed by atoms with Crippen LogP contribution in [0, 0.1) is 5.92 Å². The van der Waals surface area contributed by atoms with E-state index in [1.807, 2.05) is 12.1 Å². The molecule has 1 aromatic carbocycles. The quantitative estimate of drug-likeness (QED) is 0.712. The second kappa shape index (κ2) is 7.70. The molecule has 16 heavy (non-hydrogen) atoms. The van der Waals surface area contributed by atoms with Gasteiger partial charge in [-0.1, -0.05) is 50.4 Å². The number of hydrogen-bond acceptors (Lipinski definition) is 1. The molecule has 0 aliphatic carbocycles. The van der Waals surface area contributed by atoms with Crippen LogP contribution in [0.4, 0.5) is 0 Å². The third-order valence-electron chi connectivity index (χ3n) is 3.09. The smallest absolute Gasteiger partial charge is 0.0406 e. The minimum atomic E-state index is 0.814. The molecule has 0 bridgehead atoms. The summed E-state index contributed by atoms with van der Waals surface area (Å²) >= 11 is 5.84. The van der Waals surface area contributed by atoms with Gasteiger partial charge in [-0.05, 0) is 43.1 Å². The molecular formula is C14H22ClN. The molecule has 2 heteroatoms. The zero-order chi connectivity index (χ0) is 11.8. The molecule has 0 unspecified atom stereocenters. The maximum Gasteiger partial charge on any atom is 0.0406 e. The van der Waals surface area contributed by atoms with Gasteiger partial charge < -0.3 is 5.32 Å². The first kappa shape index (κ1) is 13.5. The lowest BCUT2D eigenvalue weighted by molar-refractivity contribution is 0.452. The predicted octanol–water partition coefficient (Wildman–Crippen LogP) is 3.91. The van der Waals surface area contributed by atoms with Crippen LogP contribution in [-0.2, 0) is 6.42 Å². The SMILES string of the molecule is CCC(CC)CNCCc1ccc(Cl)cc1. The van der Waals surface area contributed by atoms with Gasteiger partial charge >= 0.3 is 0 Å². The van der Waals surface area contributed by atoms with E-state index >= 15 is 0 Å². The van der Waals surface area contributed by atoms with Crippen LogP contribution in [0.25, 0.3) is 0 Å². The fourth-order valence-corrected chi connectivity index (χ4v) is 1.89. The Morgan fingerprint density at radius 3 is 2.31 bits per heavy atom. The molecule has 1 rings (SSSR count). The summed E-state index contributed by atoms with van der Waals surface area (Å²) in [6.45, 7) is 6.71. The molecule has 90 valence electrons. The van der Waals surface area contributed by atoms with Crippen LogP contribution >= 0.6 is 11.6 Å². The lowest BCUT2D eigenvalue weighted by atomic mass is 10.0. The van der Waals surface area contributed by atoms with Crippen molar-refractivity contribution in [3.05, 3.63) is 34.9 Å². The summed E-state index contributed by atoms with van der Waals surface area (Å²) in [6.07, 6.45) is 3.62. The molecule has 0 aromatic heterocycles. The molecule has 0 atom stereocenters. The first-order valence-corrected chi connectivity index (χ1v) is 6.59. The summed E-state index contributed by atoms with van der Waals surface area (Å²) in [6, 6.07) is 8.11. The Morgan fingerprint density at radius 1 is 1.12 bits per heavy atom. The van der Waals surface area contributed by atoms with Gasteiger partial charge in [0.2, 0.25) is 0 Å². The summed E-state index contributed by atoms with van der Waals surface area (Å²) in [4.78, 5) is 0. The fraction of sp³-hybridized carbons (Fsp3) is 0.571. The highest BCUT2D eigenvalue weighted by atomic mass is 35.5. The van der Waals surface area contributed by atoms with Gasteiger partial charge in [-0.3, -0.25) is 0 Å². The molecule has 0 saturated carbocycles. The van der Waals surface area contributed by atoms with E-state index in [9.17, 15) is 0 Å². The molecule has 0 amide bonds. The third-order valence-corrected chi connectivity index (χ3v) is 3.34. The molecule has 0 fully saturated rings. The van der Waals surface area contributed by atoms with Crippen LogP contribution in [0.5, 0.6) is 0 Å². The van der Waals surface area contributed by atoms with Gasteiger partial charge in [-0.15, -0.1) is 0 Å². The van der Waals surface area contributed by atoms with Crippen molar-refractivity contribution in [1.82, 2.24) is 5.32 Å². The Morgan fingerprint density at radius 2 is 1.75 bits per heavy atom. The van der Waals surface area contributed by atoms with Crippen molar-refractivity contribution in [1.29, 1.82) is 0 Å². The highest BCUT2D eigenvalue weighted by Gasteiger charge is 2.01. The third kappa shape index (κ3) is 5.00. The topological polar surface area (TPSA) is 12.0 Å². The van der Waals surface area contributed by atoms with Gasteiger partial charge in [0.05, 0.1) is 0 Å². The average molecular weight is 240 g/mol. The van der Waals surface area contributed by atoms with Gasteiger partial charge in [-0.2, -0.15) is 0 Å².